The van der Waals surface area contributed by atoms with Gasteiger partial charge in [0.2, 0.25) is 0 Å². The van der Waals surface area contributed by atoms with E-state index in [1.807, 2.05) is 12.1 Å². The zero-order chi connectivity index (χ0) is 15.2. The fraction of sp³-hybridized carbons (Fsp3) is 0.133. The van der Waals surface area contributed by atoms with E-state index < -0.39 is 11.6 Å². The van der Waals surface area contributed by atoms with E-state index in [-0.39, 0.29) is 18.8 Å². The van der Waals surface area contributed by atoms with Gasteiger partial charge in [-0.15, -0.1) is 0 Å². The van der Waals surface area contributed by atoms with Crippen LogP contribution < -0.4 is 10.1 Å². The lowest BCUT2D eigenvalue weighted by molar-refractivity contribution is 0.364. The summed E-state index contributed by atoms with van der Waals surface area (Å²) < 4.78 is 32.3. The molecule has 6 heteroatoms. The summed E-state index contributed by atoms with van der Waals surface area (Å²) in [6.07, 6.45) is 0. The van der Waals surface area contributed by atoms with E-state index in [0.29, 0.717) is 10.2 Å². The first-order valence-electron chi connectivity index (χ1n) is 6.08. The van der Waals surface area contributed by atoms with Crippen LogP contribution in [0.3, 0.4) is 0 Å². The molecule has 2 aromatic carbocycles. The lowest BCUT2D eigenvalue weighted by atomic mass is 10.2. The fourth-order valence-corrected chi connectivity index (χ4v) is 2.34. The van der Waals surface area contributed by atoms with E-state index in [1.54, 1.807) is 18.2 Å². The molecule has 0 atom stereocenters. The van der Waals surface area contributed by atoms with Crippen LogP contribution in [0.25, 0.3) is 0 Å². The highest BCUT2D eigenvalue weighted by Gasteiger charge is 2.10. The molecule has 21 heavy (non-hydrogen) atoms. The predicted octanol–water partition coefficient (Wildman–Crippen LogP) is 4.24. The van der Waals surface area contributed by atoms with Crippen molar-refractivity contribution < 1.29 is 13.5 Å². The Morgan fingerprint density at radius 1 is 1.24 bits per heavy atom. The molecule has 0 aliphatic heterocycles. The Morgan fingerprint density at radius 3 is 2.71 bits per heavy atom. The highest BCUT2D eigenvalue weighted by Crippen LogP contribution is 2.28. The predicted molar refractivity (Wildman–Crippen MR) is 78.9 cm³/mol. The van der Waals surface area contributed by atoms with Crippen LogP contribution >= 0.6 is 15.9 Å². The maximum atomic E-state index is 13.7. The zero-order valence-electron chi connectivity index (χ0n) is 10.9. The van der Waals surface area contributed by atoms with Gasteiger partial charge in [-0.1, -0.05) is 18.2 Å². The van der Waals surface area contributed by atoms with E-state index in [9.17, 15) is 8.78 Å². The van der Waals surface area contributed by atoms with Gasteiger partial charge >= 0.3 is 0 Å². The van der Waals surface area contributed by atoms with Crippen LogP contribution in [-0.4, -0.2) is 6.61 Å². The van der Waals surface area contributed by atoms with Crippen LogP contribution in [0.15, 0.2) is 40.9 Å². The minimum absolute atomic E-state index is 0.0639. The number of ether oxygens (including phenoxy) is 1. The minimum Gasteiger partial charge on any atom is -0.478 e. The first-order valence-corrected chi connectivity index (χ1v) is 6.87. The Morgan fingerprint density at radius 2 is 2.00 bits per heavy atom. The largest absolute Gasteiger partial charge is 0.478 e. The van der Waals surface area contributed by atoms with Crippen LogP contribution in [0.5, 0.6) is 5.75 Å². The molecule has 2 aromatic rings. The standard InChI is InChI=1S/C15H11BrF2N2O/c16-12-7-11(17)8-13(18)15(12)20-9-10-3-1-2-4-14(10)21-6-5-19/h1-4,7-8,20H,6,9H2. The lowest BCUT2D eigenvalue weighted by Crippen LogP contribution is -2.05. The Labute approximate surface area is 129 Å². The number of benzene rings is 2. The first-order chi connectivity index (χ1) is 10.1. The number of para-hydroxylation sites is 1. The summed E-state index contributed by atoms with van der Waals surface area (Å²) in [4.78, 5) is 0. The van der Waals surface area contributed by atoms with Gasteiger partial charge < -0.3 is 10.1 Å². The SMILES string of the molecule is N#CCOc1ccccc1CNc1c(F)cc(F)cc1Br. The Bertz CT molecular complexity index is 663. The van der Waals surface area contributed by atoms with Crippen molar-refractivity contribution in [2.45, 2.75) is 6.54 Å². The van der Waals surface area contributed by atoms with E-state index >= 15 is 0 Å². The molecule has 0 amide bonds. The third-order valence-corrected chi connectivity index (χ3v) is 3.35. The summed E-state index contributed by atoms with van der Waals surface area (Å²) in [6.45, 7) is 0.217. The highest BCUT2D eigenvalue weighted by atomic mass is 79.9. The summed E-state index contributed by atoms with van der Waals surface area (Å²) >= 11 is 3.12. The molecule has 0 aliphatic carbocycles. The second kappa shape index (κ2) is 7.04. The fourth-order valence-electron chi connectivity index (χ4n) is 1.80. The lowest BCUT2D eigenvalue weighted by Gasteiger charge is -2.13. The molecule has 0 aliphatic rings. The molecule has 0 bridgehead atoms. The molecule has 3 nitrogen and oxygen atoms in total. The Kier molecular flexibility index (Phi) is 5.12. The van der Waals surface area contributed by atoms with Gasteiger partial charge in [-0.2, -0.15) is 5.26 Å². The maximum absolute atomic E-state index is 13.7. The minimum atomic E-state index is -0.683. The number of nitriles is 1. The molecule has 1 N–H and O–H groups in total. The van der Waals surface area contributed by atoms with Gasteiger partial charge in [-0.25, -0.2) is 8.78 Å². The highest BCUT2D eigenvalue weighted by molar-refractivity contribution is 9.10. The van der Waals surface area contributed by atoms with Gasteiger partial charge in [0.1, 0.15) is 23.5 Å². The summed E-state index contributed by atoms with van der Waals surface area (Å²) in [7, 11) is 0. The summed E-state index contributed by atoms with van der Waals surface area (Å²) in [5.74, 6) is -0.787. The molecule has 2 rings (SSSR count). The van der Waals surface area contributed by atoms with E-state index in [1.165, 1.54) is 6.07 Å². The van der Waals surface area contributed by atoms with E-state index in [0.717, 1.165) is 11.6 Å². The molecule has 0 spiro atoms. The van der Waals surface area contributed by atoms with Gasteiger partial charge in [-0.05, 0) is 28.1 Å². The third-order valence-electron chi connectivity index (χ3n) is 2.73. The number of nitrogens with zero attached hydrogens (tertiary/aromatic N) is 1. The summed E-state index contributed by atoms with van der Waals surface area (Å²) in [5, 5.41) is 11.4. The molecule has 0 heterocycles. The van der Waals surface area contributed by atoms with Crippen molar-refractivity contribution >= 4 is 21.6 Å². The second-order valence-electron chi connectivity index (χ2n) is 4.15. The first kappa shape index (κ1) is 15.3. The number of hydrogen-bond donors (Lipinski definition) is 1. The average Bonchev–Trinajstić information content (AvgIpc) is 2.45. The quantitative estimate of drug-likeness (QED) is 0.875. The van der Waals surface area contributed by atoms with Crippen molar-refractivity contribution in [3.63, 3.8) is 0 Å². The number of halogens is 3. The smallest absolute Gasteiger partial charge is 0.174 e. The zero-order valence-corrected chi connectivity index (χ0v) is 12.5. The van der Waals surface area contributed by atoms with Crippen LogP contribution in [0, 0.1) is 23.0 Å². The topological polar surface area (TPSA) is 45.0 Å². The molecule has 108 valence electrons. The molecule has 0 saturated carbocycles. The molecule has 0 unspecified atom stereocenters. The Balaban J connectivity index is 2.16. The molecule has 0 fully saturated rings. The van der Waals surface area contributed by atoms with Crippen molar-refractivity contribution in [2.24, 2.45) is 0 Å². The van der Waals surface area contributed by atoms with Crippen molar-refractivity contribution in [1.29, 1.82) is 5.26 Å². The Hall–Kier alpha value is -2.13. The molecular formula is C15H11BrF2N2O. The van der Waals surface area contributed by atoms with Crippen LogP contribution in [0.4, 0.5) is 14.5 Å². The number of hydrogen-bond acceptors (Lipinski definition) is 3. The third kappa shape index (κ3) is 3.92. The monoisotopic (exact) mass is 352 g/mol. The van der Waals surface area contributed by atoms with Crippen LogP contribution in [-0.2, 0) is 6.54 Å². The van der Waals surface area contributed by atoms with Crippen LogP contribution in [0.1, 0.15) is 5.56 Å². The summed E-state index contributed by atoms with van der Waals surface area (Å²) in [6, 6.07) is 11.0. The molecule has 0 radical (unpaired) electrons. The van der Waals surface area contributed by atoms with E-state index in [2.05, 4.69) is 21.2 Å². The normalized spacial score (nSPS) is 10.0. The van der Waals surface area contributed by atoms with Gasteiger partial charge in [-0.3, -0.25) is 0 Å². The van der Waals surface area contributed by atoms with Crippen molar-refractivity contribution in [2.75, 3.05) is 11.9 Å². The van der Waals surface area contributed by atoms with Gasteiger partial charge in [0.15, 0.2) is 6.61 Å². The van der Waals surface area contributed by atoms with E-state index in [4.69, 9.17) is 10.00 Å². The molecular weight excluding hydrogens is 342 g/mol. The number of nitrogens with one attached hydrogen (secondary N) is 1. The second-order valence-corrected chi connectivity index (χ2v) is 5.01. The summed E-state index contributed by atoms with van der Waals surface area (Å²) in [5.41, 5.74) is 0.940. The van der Waals surface area contributed by atoms with Crippen molar-refractivity contribution in [1.82, 2.24) is 0 Å². The van der Waals surface area contributed by atoms with Crippen LogP contribution in [0.2, 0.25) is 0 Å². The van der Waals surface area contributed by atoms with Crippen molar-refractivity contribution in [3.05, 3.63) is 58.1 Å². The van der Waals surface area contributed by atoms with Gasteiger partial charge in [0, 0.05) is 22.6 Å². The van der Waals surface area contributed by atoms with Gasteiger partial charge in [0.25, 0.3) is 0 Å². The average molecular weight is 353 g/mol. The number of rotatable bonds is 5. The van der Waals surface area contributed by atoms with Gasteiger partial charge in [0.05, 0.1) is 5.69 Å². The number of anilines is 1. The van der Waals surface area contributed by atoms with Crippen molar-refractivity contribution in [3.8, 4) is 11.8 Å². The maximum Gasteiger partial charge on any atom is 0.174 e. The molecule has 0 aromatic heterocycles. The molecule has 0 saturated heterocycles.